The van der Waals surface area contributed by atoms with E-state index < -0.39 is 0 Å². The van der Waals surface area contributed by atoms with Crippen LogP contribution in [0.1, 0.15) is 59.6 Å². The van der Waals surface area contributed by atoms with E-state index in [9.17, 15) is 4.79 Å². The molecule has 1 amide bonds. The highest BCUT2D eigenvalue weighted by molar-refractivity contribution is 5.95. The third-order valence-corrected chi connectivity index (χ3v) is 4.07. The number of rotatable bonds is 6. The molecule has 0 bridgehead atoms. The van der Waals surface area contributed by atoms with Gasteiger partial charge in [0.05, 0.1) is 30.6 Å². The summed E-state index contributed by atoms with van der Waals surface area (Å²) in [5, 5.41) is 7.43. The van der Waals surface area contributed by atoms with E-state index in [1.807, 2.05) is 34.6 Å². The summed E-state index contributed by atoms with van der Waals surface area (Å²) in [5.41, 5.74) is 4.19. The zero-order chi connectivity index (χ0) is 17.9. The lowest BCUT2D eigenvalue weighted by Gasteiger charge is -2.13. The smallest absolute Gasteiger partial charge is 0.255 e. The number of ether oxygens (including phenoxy) is 1. The van der Waals surface area contributed by atoms with E-state index in [1.54, 1.807) is 24.2 Å². The Kier molecular flexibility index (Phi) is 5.59. The summed E-state index contributed by atoms with van der Waals surface area (Å²) in [6.07, 6.45) is 3.57. The Labute approximate surface area is 143 Å². The highest BCUT2D eigenvalue weighted by atomic mass is 16.5. The second-order valence-electron chi connectivity index (χ2n) is 6.17. The lowest BCUT2D eigenvalue weighted by molar-refractivity contribution is 0.0949. The fraction of sp³-hybridized carbons (Fsp3) is 0.500. The Morgan fingerprint density at radius 3 is 2.67 bits per heavy atom. The maximum Gasteiger partial charge on any atom is 0.255 e. The highest BCUT2D eigenvalue weighted by Crippen LogP contribution is 2.24. The van der Waals surface area contributed by atoms with E-state index in [2.05, 4.69) is 15.4 Å². The Bertz CT molecular complexity index is 735. The van der Waals surface area contributed by atoms with Crippen LogP contribution in [0.4, 0.5) is 0 Å². The van der Waals surface area contributed by atoms with Gasteiger partial charge in [-0.3, -0.25) is 14.5 Å². The molecule has 2 aromatic rings. The van der Waals surface area contributed by atoms with Gasteiger partial charge in [-0.2, -0.15) is 5.10 Å². The van der Waals surface area contributed by atoms with Crippen molar-refractivity contribution in [3.8, 4) is 5.75 Å². The van der Waals surface area contributed by atoms with Crippen LogP contribution < -0.4 is 10.1 Å². The summed E-state index contributed by atoms with van der Waals surface area (Å²) in [4.78, 5) is 17.0. The third kappa shape index (κ3) is 3.58. The SMILES string of the molecule is CCn1cc(C(=O)NCc2ncc(C)c(OC)c2C)c(C(C)C)n1. The summed E-state index contributed by atoms with van der Waals surface area (Å²) < 4.78 is 7.20. The van der Waals surface area contributed by atoms with Gasteiger partial charge in [-0.25, -0.2) is 0 Å². The Balaban J connectivity index is 2.19. The van der Waals surface area contributed by atoms with Crippen molar-refractivity contribution in [3.63, 3.8) is 0 Å². The minimum Gasteiger partial charge on any atom is -0.496 e. The number of hydrogen-bond acceptors (Lipinski definition) is 4. The predicted octanol–water partition coefficient (Wildman–Crippen LogP) is 2.98. The first kappa shape index (κ1) is 18.0. The molecule has 1 N–H and O–H groups in total. The number of carbonyl (C=O) groups is 1. The van der Waals surface area contributed by atoms with Crippen molar-refractivity contribution in [2.75, 3.05) is 7.11 Å². The molecule has 130 valence electrons. The summed E-state index contributed by atoms with van der Waals surface area (Å²) >= 11 is 0. The molecule has 0 saturated carbocycles. The maximum atomic E-state index is 12.6. The van der Waals surface area contributed by atoms with Gasteiger partial charge in [0.25, 0.3) is 5.91 Å². The number of nitrogens with zero attached hydrogens (tertiary/aromatic N) is 3. The number of hydrogen-bond donors (Lipinski definition) is 1. The molecule has 0 fully saturated rings. The Hall–Kier alpha value is -2.37. The van der Waals surface area contributed by atoms with Crippen LogP contribution in [-0.2, 0) is 13.1 Å². The van der Waals surface area contributed by atoms with E-state index in [0.717, 1.165) is 34.8 Å². The molecule has 6 heteroatoms. The van der Waals surface area contributed by atoms with Crippen molar-refractivity contribution in [2.45, 2.75) is 53.6 Å². The standard InChI is InChI=1S/C18H26N4O2/c1-7-22-10-14(16(21-22)11(2)3)18(23)20-9-15-13(5)17(24-6)12(4)8-19-15/h8,10-11H,7,9H2,1-6H3,(H,20,23). The fourth-order valence-corrected chi connectivity index (χ4v) is 2.71. The molecule has 0 spiro atoms. The molecule has 0 saturated heterocycles. The molecule has 2 rings (SSSR count). The number of nitrogens with one attached hydrogen (secondary N) is 1. The minimum atomic E-state index is -0.126. The molecule has 0 radical (unpaired) electrons. The first-order valence-corrected chi connectivity index (χ1v) is 8.23. The predicted molar refractivity (Wildman–Crippen MR) is 93.4 cm³/mol. The second-order valence-corrected chi connectivity index (χ2v) is 6.17. The molecule has 0 aliphatic carbocycles. The first-order valence-electron chi connectivity index (χ1n) is 8.23. The molecule has 0 aliphatic rings. The number of pyridine rings is 1. The van der Waals surface area contributed by atoms with Crippen LogP contribution >= 0.6 is 0 Å². The number of methoxy groups -OCH3 is 1. The molecular weight excluding hydrogens is 304 g/mol. The Morgan fingerprint density at radius 1 is 1.38 bits per heavy atom. The summed E-state index contributed by atoms with van der Waals surface area (Å²) in [7, 11) is 1.64. The van der Waals surface area contributed by atoms with Gasteiger partial charge in [-0.1, -0.05) is 13.8 Å². The van der Waals surface area contributed by atoms with E-state index in [0.29, 0.717) is 12.1 Å². The maximum absolute atomic E-state index is 12.6. The second kappa shape index (κ2) is 7.47. The van der Waals surface area contributed by atoms with Crippen molar-refractivity contribution in [3.05, 3.63) is 40.5 Å². The zero-order valence-corrected chi connectivity index (χ0v) is 15.3. The molecule has 0 aliphatic heterocycles. The number of amides is 1. The van der Waals surface area contributed by atoms with Crippen LogP contribution in [0.5, 0.6) is 5.75 Å². The summed E-state index contributed by atoms with van der Waals surface area (Å²) in [6, 6.07) is 0. The van der Waals surface area contributed by atoms with Crippen molar-refractivity contribution in [2.24, 2.45) is 0 Å². The zero-order valence-electron chi connectivity index (χ0n) is 15.3. The monoisotopic (exact) mass is 330 g/mol. The van der Waals surface area contributed by atoms with Gasteiger partial charge in [-0.15, -0.1) is 0 Å². The van der Waals surface area contributed by atoms with Crippen molar-refractivity contribution >= 4 is 5.91 Å². The van der Waals surface area contributed by atoms with Crippen molar-refractivity contribution < 1.29 is 9.53 Å². The van der Waals surface area contributed by atoms with Crippen LogP contribution in [0.3, 0.4) is 0 Å². The van der Waals surface area contributed by atoms with Gasteiger partial charge in [0, 0.05) is 30.1 Å². The summed E-state index contributed by atoms with van der Waals surface area (Å²) in [5.74, 6) is 0.882. The van der Waals surface area contributed by atoms with Gasteiger partial charge in [0.1, 0.15) is 5.75 Å². The molecule has 0 atom stereocenters. The Morgan fingerprint density at radius 2 is 2.08 bits per heavy atom. The van der Waals surface area contributed by atoms with E-state index >= 15 is 0 Å². The van der Waals surface area contributed by atoms with Gasteiger partial charge in [0.2, 0.25) is 0 Å². The van der Waals surface area contributed by atoms with Crippen LogP contribution in [0.2, 0.25) is 0 Å². The summed E-state index contributed by atoms with van der Waals surface area (Å²) in [6.45, 7) is 11.1. The van der Waals surface area contributed by atoms with Gasteiger partial charge in [-0.05, 0) is 26.7 Å². The van der Waals surface area contributed by atoms with Crippen LogP contribution in [0.25, 0.3) is 0 Å². The third-order valence-electron chi connectivity index (χ3n) is 4.07. The van der Waals surface area contributed by atoms with E-state index in [-0.39, 0.29) is 11.8 Å². The van der Waals surface area contributed by atoms with E-state index in [1.165, 1.54) is 0 Å². The van der Waals surface area contributed by atoms with Crippen molar-refractivity contribution in [1.29, 1.82) is 0 Å². The molecule has 0 unspecified atom stereocenters. The van der Waals surface area contributed by atoms with Crippen LogP contribution in [-0.4, -0.2) is 27.8 Å². The van der Waals surface area contributed by atoms with Gasteiger partial charge in [0.15, 0.2) is 0 Å². The highest BCUT2D eigenvalue weighted by Gasteiger charge is 2.19. The van der Waals surface area contributed by atoms with Gasteiger partial charge < -0.3 is 10.1 Å². The largest absolute Gasteiger partial charge is 0.496 e. The van der Waals surface area contributed by atoms with Crippen LogP contribution in [0.15, 0.2) is 12.4 Å². The average molecular weight is 330 g/mol. The normalized spacial score (nSPS) is 11.0. The molecule has 0 aromatic carbocycles. The van der Waals surface area contributed by atoms with Crippen molar-refractivity contribution in [1.82, 2.24) is 20.1 Å². The van der Waals surface area contributed by atoms with E-state index in [4.69, 9.17) is 4.74 Å². The first-order chi connectivity index (χ1) is 11.4. The molecule has 24 heavy (non-hydrogen) atoms. The lowest BCUT2D eigenvalue weighted by Crippen LogP contribution is -2.24. The van der Waals surface area contributed by atoms with Crippen LogP contribution in [0, 0.1) is 13.8 Å². The quantitative estimate of drug-likeness (QED) is 0.884. The molecule has 6 nitrogen and oxygen atoms in total. The minimum absolute atomic E-state index is 0.126. The molecular formula is C18H26N4O2. The fourth-order valence-electron chi connectivity index (χ4n) is 2.71. The van der Waals surface area contributed by atoms with Gasteiger partial charge >= 0.3 is 0 Å². The number of aromatic nitrogens is 3. The topological polar surface area (TPSA) is 69.0 Å². The number of aryl methyl sites for hydroxylation is 2. The molecule has 2 aromatic heterocycles. The molecule has 2 heterocycles. The number of carbonyl (C=O) groups excluding carboxylic acids is 1. The average Bonchev–Trinajstić information content (AvgIpc) is 2.99. The lowest BCUT2D eigenvalue weighted by atomic mass is 10.1.